The predicted octanol–water partition coefficient (Wildman–Crippen LogP) is 1.16. The summed E-state index contributed by atoms with van der Waals surface area (Å²) >= 11 is 0. The first-order valence-corrected chi connectivity index (χ1v) is 6.99. The van der Waals surface area contributed by atoms with Gasteiger partial charge in [0.25, 0.3) is 0 Å². The van der Waals surface area contributed by atoms with Gasteiger partial charge in [0.2, 0.25) is 0 Å². The highest BCUT2D eigenvalue weighted by Gasteiger charge is 2.15. The van der Waals surface area contributed by atoms with Gasteiger partial charge in [-0.25, -0.2) is 0 Å². The van der Waals surface area contributed by atoms with E-state index in [1.807, 2.05) is 0 Å². The van der Waals surface area contributed by atoms with Crippen molar-refractivity contribution in [2.45, 2.75) is 38.1 Å². The molecule has 3 nitrogen and oxygen atoms in total. The Morgan fingerprint density at radius 3 is 2.69 bits per heavy atom. The van der Waals surface area contributed by atoms with Crippen LogP contribution in [0.2, 0.25) is 0 Å². The van der Waals surface area contributed by atoms with E-state index in [0.29, 0.717) is 0 Å². The molecular formula is C13H27N3. The molecule has 0 aliphatic carbocycles. The van der Waals surface area contributed by atoms with E-state index in [-0.39, 0.29) is 0 Å². The van der Waals surface area contributed by atoms with Crippen LogP contribution < -0.4 is 5.32 Å². The van der Waals surface area contributed by atoms with Gasteiger partial charge >= 0.3 is 0 Å². The molecule has 2 rings (SSSR count). The second-order valence-corrected chi connectivity index (χ2v) is 5.43. The van der Waals surface area contributed by atoms with Crippen molar-refractivity contribution in [1.29, 1.82) is 0 Å². The number of nitrogens with zero attached hydrogens (tertiary/aromatic N) is 2. The molecule has 0 bridgehead atoms. The molecule has 0 amide bonds. The predicted molar refractivity (Wildman–Crippen MR) is 68.8 cm³/mol. The van der Waals surface area contributed by atoms with Crippen molar-refractivity contribution in [3.05, 3.63) is 0 Å². The van der Waals surface area contributed by atoms with Gasteiger partial charge in [0.15, 0.2) is 0 Å². The summed E-state index contributed by atoms with van der Waals surface area (Å²) in [7, 11) is 2.27. The number of rotatable bonds is 6. The molecule has 1 atom stereocenters. The van der Waals surface area contributed by atoms with E-state index in [1.165, 1.54) is 71.4 Å². The van der Waals surface area contributed by atoms with Crippen molar-refractivity contribution in [3.8, 4) is 0 Å². The Morgan fingerprint density at radius 1 is 1.19 bits per heavy atom. The molecule has 2 aliphatic heterocycles. The first-order valence-electron chi connectivity index (χ1n) is 6.99. The molecule has 0 aromatic heterocycles. The molecule has 94 valence electrons. The Balaban J connectivity index is 1.51. The molecule has 3 heteroatoms. The van der Waals surface area contributed by atoms with Crippen molar-refractivity contribution in [3.63, 3.8) is 0 Å². The Labute approximate surface area is 100 Å². The summed E-state index contributed by atoms with van der Waals surface area (Å²) in [6.07, 6.45) is 6.92. The highest BCUT2D eigenvalue weighted by Crippen LogP contribution is 2.09. The van der Waals surface area contributed by atoms with Crippen LogP contribution in [0, 0.1) is 0 Å². The average molecular weight is 225 g/mol. The maximum absolute atomic E-state index is 3.57. The monoisotopic (exact) mass is 225 g/mol. The zero-order valence-corrected chi connectivity index (χ0v) is 10.7. The second-order valence-electron chi connectivity index (χ2n) is 5.43. The fourth-order valence-electron chi connectivity index (χ4n) is 2.81. The summed E-state index contributed by atoms with van der Waals surface area (Å²) in [5.74, 6) is 0. The maximum Gasteiger partial charge on any atom is 0.0109 e. The zero-order chi connectivity index (χ0) is 11.2. The van der Waals surface area contributed by atoms with E-state index in [4.69, 9.17) is 0 Å². The van der Waals surface area contributed by atoms with Crippen molar-refractivity contribution in [2.75, 3.05) is 46.3 Å². The molecule has 0 saturated carbocycles. The minimum Gasteiger partial charge on any atom is -0.314 e. The van der Waals surface area contributed by atoms with Crippen LogP contribution in [0.3, 0.4) is 0 Å². The normalized spacial score (nSPS) is 27.0. The third-order valence-electron chi connectivity index (χ3n) is 4.02. The van der Waals surface area contributed by atoms with E-state index in [0.717, 1.165) is 6.04 Å². The maximum atomic E-state index is 3.57. The number of likely N-dealkylation sites (N-methyl/N-ethyl adjacent to an activating group) is 1. The quantitative estimate of drug-likeness (QED) is 0.732. The SMILES string of the molecule is CN(CCC1CCCN1)CCN1CCCC1. The van der Waals surface area contributed by atoms with Gasteiger partial charge in [0.1, 0.15) is 0 Å². The van der Waals surface area contributed by atoms with Gasteiger partial charge in [-0.05, 0) is 65.3 Å². The van der Waals surface area contributed by atoms with Crippen LogP contribution in [0.15, 0.2) is 0 Å². The summed E-state index contributed by atoms with van der Waals surface area (Å²) in [6, 6.07) is 0.800. The van der Waals surface area contributed by atoms with Crippen molar-refractivity contribution >= 4 is 0 Å². The van der Waals surface area contributed by atoms with Crippen LogP contribution in [0.4, 0.5) is 0 Å². The first-order chi connectivity index (χ1) is 7.84. The Morgan fingerprint density at radius 2 is 2.00 bits per heavy atom. The van der Waals surface area contributed by atoms with E-state index in [9.17, 15) is 0 Å². The summed E-state index contributed by atoms with van der Waals surface area (Å²) in [4.78, 5) is 5.10. The molecule has 0 spiro atoms. The van der Waals surface area contributed by atoms with Crippen molar-refractivity contribution in [2.24, 2.45) is 0 Å². The first kappa shape index (κ1) is 12.3. The van der Waals surface area contributed by atoms with Crippen LogP contribution in [0.5, 0.6) is 0 Å². The Kier molecular flexibility index (Phi) is 5.07. The van der Waals surface area contributed by atoms with E-state index in [1.54, 1.807) is 0 Å². The van der Waals surface area contributed by atoms with Crippen LogP contribution in [-0.4, -0.2) is 62.2 Å². The molecule has 2 aliphatic rings. The summed E-state index contributed by atoms with van der Waals surface area (Å²) in [5.41, 5.74) is 0. The largest absolute Gasteiger partial charge is 0.314 e. The molecule has 2 heterocycles. The standard InChI is InChI=1S/C13H27N3/c1-15(10-6-13-5-4-7-14-13)11-12-16-8-2-3-9-16/h13-14H,2-12H2,1H3. The van der Waals surface area contributed by atoms with Gasteiger partial charge in [-0.3, -0.25) is 0 Å². The summed E-state index contributed by atoms with van der Waals surface area (Å²) in [6.45, 7) is 7.67. The van der Waals surface area contributed by atoms with Gasteiger partial charge < -0.3 is 15.1 Å². The van der Waals surface area contributed by atoms with Gasteiger partial charge in [0, 0.05) is 19.1 Å². The topological polar surface area (TPSA) is 18.5 Å². The lowest BCUT2D eigenvalue weighted by Gasteiger charge is -2.22. The van der Waals surface area contributed by atoms with Gasteiger partial charge in [0.05, 0.1) is 0 Å². The van der Waals surface area contributed by atoms with E-state index in [2.05, 4.69) is 22.2 Å². The van der Waals surface area contributed by atoms with Gasteiger partial charge in [-0.2, -0.15) is 0 Å². The molecule has 16 heavy (non-hydrogen) atoms. The number of nitrogens with one attached hydrogen (secondary N) is 1. The third kappa shape index (κ3) is 4.04. The number of likely N-dealkylation sites (tertiary alicyclic amines) is 1. The van der Waals surface area contributed by atoms with Crippen molar-refractivity contribution < 1.29 is 0 Å². The molecule has 1 N–H and O–H groups in total. The lowest BCUT2D eigenvalue weighted by atomic mass is 10.1. The van der Waals surface area contributed by atoms with Crippen LogP contribution in [-0.2, 0) is 0 Å². The molecule has 0 aromatic rings. The van der Waals surface area contributed by atoms with Gasteiger partial charge in [-0.15, -0.1) is 0 Å². The van der Waals surface area contributed by atoms with Crippen LogP contribution in [0.1, 0.15) is 32.1 Å². The molecule has 2 fully saturated rings. The van der Waals surface area contributed by atoms with Crippen molar-refractivity contribution in [1.82, 2.24) is 15.1 Å². The molecule has 0 radical (unpaired) electrons. The summed E-state index contributed by atoms with van der Waals surface area (Å²) < 4.78 is 0. The molecular weight excluding hydrogens is 198 g/mol. The number of hydrogen-bond acceptors (Lipinski definition) is 3. The fraction of sp³-hybridized carbons (Fsp3) is 1.00. The van der Waals surface area contributed by atoms with Crippen LogP contribution in [0.25, 0.3) is 0 Å². The second kappa shape index (κ2) is 6.58. The number of hydrogen-bond donors (Lipinski definition) is 1. The van der Waals surface area contributed by atoms with Crippen LogP contribution >= 0.6 is 0 Å². The van der Waals surface area contributed by atoms with E-state index >= 15 is 0 Å². The minimum absolute atomic E-state index is 0.800. The average Bonchev–Trinajstić information content (AvgIpc) is 2.96. The molecule has 0 aromatic carbocycles. The third-order valence-corrected chi connectivity index (χ3v) is 4.02. The van der Waals surface area contributed by atoms with E-state index < -0.39 is 0 Å². The molecule has 1 unspecified atom stereocenters. The lowest BCUT2D eigenvalue weighted by molar-refractivity contribution is 0.249. The molecule has 2 saturated heterocycles. The Bertz CT molecular complexity index is 164. The summed E-state index contributed by atoms with van der Waals surface area (Å²) in [5, 5.41) is 3.57. The lowest BCUT2D eigenvalue weighted by Crippen LogP contribution is -2.34. The highest BCUT2D eigenvalue weighted by atomic mass is 15.2. The fourth-order valence-corrected chi connectivity index (χ4v) is 2.81. The smallest absolute Gasteiger partial charge is 0.0109 e. The zero-order valence-electron chi connectivity index (χ0n) is 10.7. The Hall–Kier alpha value is -0.120. The highest BCUT2D eigenvalue weighted by molar-refractivity contribution is 4.75. The minimum atomic E-state index is 0.800. The van der Waals surface area contributed by atoms with Gasteiger partial charge in [-0.1, -0.05) is 0 Å².